The quantitative estimate of drug-likeness (QED) is 0.847. The van der Waals surface area contributed by atoms with Gasteiger partial charge in [0.05, 0.1) is 11.7 Å². The van der Waals surface area contributed by atoms with Gasteiger partial charge in [0.2, 0.25) is 5.91 Å². The van der Waals surface area contributed by atoms with E-state index in [1.165, 1.54) is 6.08 Å². The van der Waals surface area contributed by atoms with Crippen molar-refractivity contribution in [3.8, 4) is 0 Å². The topological polar surface area (TPSA) is 58.6 Å². The highest BCUT2D eigenvalue weighted by Gasteiger charge is 2.34. The summed E-state index contributed by atoms with van der Waals surface area (Å²) in [6.45, 7) is 11.1. The first-order valence-electron chi connectivity index (χ1n) is 7.75. The van der Waals surface area contributed by atoms with Crippen molar-refractivity contribution in [1.82, 2.24) is 10.2 Å². The van der Waals surface area contributed by atoms with Crippen LogP contribution >= 0.6 is 0 Å². The normalized spacial score (nSPS) is 15.0. The summed E-state index contributed by atoms with van der Waals surface area (Å²) >= 11 is 0. The molecule has 1 fully saturated rings. The highest BCUT2D eigenvalue weighted by atomic mass is 16.5. The third-order valence-electron chi connectivity index (χ3n) is 3.51. The minimum atomic E-state index is -0.212. The molecule has 1 N–H and O–H groups in total. The molecule has 0 bridgehead atoms. The Kier molecular flexibility index (Phi) is 5.21. The van der Waals surface area contributed by atoms with Crippen molar-refractivity contribution >= 4 is 11.8 Å². The number of hydrogen-bond acceptors (Lipinski definition) is 3. The lowest BCUT2D eigenvalue weighted by atomic mass is 10.1. The maximum absolute atomic E-state index is 12.3. The zero-order valence-electron chi connectivity index (χ0n) is 14.0. The Balaban J connectivity index is 1.84. The van der Waals surface area contributed by atoms with Crippen molar-refractivity contribution < 1.29 is 14.3 Å². The summed E-state index contributed by atoms with van der Waals surface area (Å²) in [4.78, 5) is 25.3. The summed E-state index contributed by atoms with van der Waals surface area (Å²) in [5.41, 5.74) is 1.41. The van der Waals surface area contributed by atoms with Crippen molar-refractivity contribution in [2.75, 3.05) is 13.1 Å². The molecule has 1 heterocycles. The first kappa shape index (κ1) is 17.2. The molecule has 5 heteroatoms. The van der Waals surface area contributed by atoms with E-state index in [2.05, 4.69) is 11.9 Å². The van der Waals surface area contributed by atoms with Crippen molar-refractivity contribution in [2.45, 2.75) is 39.0 Å². The van der Waals surface area contributed by atoms with Crippen LogP contribution in [-0.4, -0.2) is 41.5 Å². The molecule has 1 aromatic rings. The predicted molar refractivity (Wildman–Crippen MR) is 89.0 cm³/mol. The highest BCUT2D eigenvalue weighted by Crippen LogP contribution is 2.21. The van der Waals surface area contributed by atoms with Crippen LogP contribution in [0.3, 0.4) is 0 Å². The molecular weight excluding hydrogens is 292 g/mol. The maximum Gasteiger partial charge on any atom is 0.254 e. The number of hydrogen-bond donors (Lipinski definition) is 1. The standard InChI is InChI=1S/C18H24N2O3/c1-5-16(21)19-10-13-6-8-14(9-7-13)17(22)20-11-15(12-20)23-18(2,3)4/h5-9,15H,1,10-12H2,2-4H3,(H,19,21). The second-order valence-electron chi connectivity index (χ2n) is 6.68. The molecule has 1 aromatic carbocycles. The van der Waals surface area contributed by atoms with Crippen LogP contribution in [0.1, 0.15) is 36.7 Å². The highest BCUT2D eigenvalue weighted by molar-refractivity contribution is 5.94. The number of carbonyl (C=O) groups excluding carboxylic acids is 2. The van der Waals surface area contributed by atoms with E-state index < -0.39 is 0 Å². The monoisotopic (exact) mass is 316 g/mol. The van der Waals surface area contributed by atoms with Crippen LogP contribution < -0.4 is 5.32 Å². The van der Waals surface area contributed by atoms with Crippen LogP contribution in [0, 0.1) is 0 Å². The molecule has 0 atom stereocenters. The number of carbonyl (C=O) groups is 2. The van der Waals surface area contributed by atoms with E-state index in [4.69, 9.17) is 4.74 Å². The molecule has 0 spiro atoms. The van der Waals surface area contributed by atoms with Crippen LogP contribution in [0.5, 0.6) is 0 Å². The van der Waals surface area contributed by atoms with E-state index in [9.17, 15) is 9.59 Å². The van der Waals surface area contributed by atoms with Crippen LogP contribution in [0.4, 0.5) is 0 Å². The zero-order valence-corrected chi connectivity index (χ0v) is 14.0. The third kappa shape index (κ3) is 4.93. The average Bonchev–Trinajstić information content (AvgIpc) is 2.47. The van der Waals surface area contributed by atoms with Gasteiger partial charge < -0.3 is 15.0 Å². The van der Waals surface area contributed by atoms with Gasteiger partial charge in [-0.2, -0.15) is 0 Å². The Morgan fingerprint density at radius 3 is 2.43 bits per heavy atom. The molecule has 0 radical (unpaired) electrons. The van der Waals surface area contributed by atoms with Crippen molar-refractivity contribution in [3.63, 3.8) is 0 Å². The fourth-order valence-corrected chi connectivity index (χ4v) is 2.39. The van der Waals surface area contributed by atoms with Gasteiger partial charge in [0.25, 0.3) is 5.91 Å². The molecule has 0 saturated carbocycles. The van der Waals surface area contributed by atoms with Crippen molar-refractivity contribution in [1.29, 1.82) is 0 Å². The Labute approximate surface area is 137 Å². The summed E-state index contributed by atoms with van der Waals surface area (Å²) in [6, 6.07) is 7.27. The van der Waals surface area contributed by atoms with Gasteiger partial charge in [-0.05, 0) is 44.5 Å². The largest absolute Gasteiger partial charge is 0.369 e. The second-order valence-corrected chi connectivity index (χ2v) is 6.68. The predicted octanol–water partition coefficient (Wildman–Crippen LogP) is 2.13. The van der Waals surface area contributed by atoms with Gasteiger partial charge in [0.15, 0.2) is 0 Å². The number of rotatable bonds is 5. The number of likely N-dealkylation sites (tertiary alicyclic amines) is 1. The average molecular weight is 316 g/mol. The second kappa shape index (κ2) is 6.96. The third-order valence-corrected chi connectivity index (χ3v) is 3.51. The Morgan fingerprint density at radius 2 is 1.91 bits per heavy atom. The molecule has 1 aliphatic rings. The fourth-order valence-electron chi connectivity index (χ4n) is 2.39. The van der Waals surface area contributed by atoms with E-state index in [0.29, 0.717) is 25.2 Å². The molecular formula is C18H24N2O3. The number of nitrogens with zero attached hydrogens (tertiary/aromatic N) is 1. The van der Waals surface area contributed by atoms with E-state index >= 15 is 0 Å². The summed E-state index contributed by atoms with van der Waals surface area (Å²) in [7, 11) is 0. The van der Waals surface area contributed by atoms with Crippen LogP contribution in [0.25, 0.3) is 0 Å². The number of amides is 2. The van der Waals surface area contributed by atoms with Gasteiger partial charge in [-0.1, -0.05) is 18.7 Å². The summed E-state index contributed by atoms with van der Waals surface area (Å²) in [5, 5.41) is 2.70. The molecule has 0 aromatic heterocycles. The van der Waals surface area contributed by atoms with Gasteiger partial charge in [-0.3, -0.25) is 9.59 Å². The molecule has 124 valence electrons. The minimum Gasteiger partial charge on any atom is -0.369 e. The van der Waals surface area contributed by atoms with Gasteiger partial charge >= 0.3 is 0 Å². The smallest absolute Gasteiger partial charge is 0.254 e. The molecule has 2 rings (SSSR count). The zero-order chi connectivity index (χ0) is 17.0. The van der Waals surface area contributed by atoms with E-state index in [1.54, 1.807) is 17.0 Å². The Bertz CT molecular complexity index is 581. The molecule has 23 heavy (non-hydrogen) atoms. The molecule has 0 aliphatic carbocycles. The lowest BCUT2D eigenvalue weighted by Crippen LogP contribution is -2.56. The van der Waals surface area contributed by atoms with E-state index in [0.717, 1.165) is 5.56 Å². The first-order valence-corrected chi connectivity index (χ1v) is 7.75. The van der Waals surface area contributed by atoms with Gasteiger partial charge in [-0.25, -0.2) is 0 Å². The molecule has 2 amide bonds. The maximum atomic E-state index is 12.3. The van der Waals surface area contributed by atoms with Gasteiger partial charge in [-0.15, -0.1) is 0 Å². The molecule has 1 saturated heterocycles. The lowest BCUT2D eigenvalue weighted by Gasteiger charge is -2.42. The Morgan fingerprint density at radius 1 is 1.30 bits per heavy atom. The van der Waals surface area contributed by atoms with Crippen LogP contribution in [0.15, 0.2) is 36.9 Å². The summed E-state index contributed by atoms with van der Waals surface area (Å²) in [6.07, 6.45) is 1.35. The first-order chi connectivity index (χ1) is 10.8. The summed E-state index contributed by atoms with van der Waals surface area (Å²) < 4.78 is 5.83. The number of nitrogens with one attached hydrogen (secondary N) is 1. The van der Waals surface area contributed by atoms with Gasteiger partial charge in [0.1, 0.15) is 0 Å². The van der Waals surface area contributed by atoms with E-state index in [-0.39, 0.29) is 23.5 Å². The number of ether oxygens (including phenoxy) is 1. The molecule has 5 nitrogen and oxygen atoms in total. The van der Waals surface area contributed by atoms with E-state index in [1.807, 2.05) is 32.9 Å². The molecule has 1 aliphatic heterocycles. The molecule has 0 unspecified atom stereocenters. The lowest BCUT2D eigenvalue weighted by molar-refractivity contribution is -0.116. The Hall–Kier alpha value is -2.14. The van der Waals surface area contributed by atoms with Gasteiger partial charge in [0, 0.05) is 25.2 Å². The van der Waals surface area contributed by atoms with Crippen LogP contribution in [-0.2, 0) is 16.1 Å². The van der Waals surface area contributed by atoms with Crippen molar-refractivity contribution in [3.05, 3.63) is 48.0 Å². The van der Waals surface area contributed by atoms with Crippen molar-refractivity contribution in [2.24, 2.45) is 0 Å². The number of benzene rings is 1. The minimum absolute atomic E-state index is 0.0143. The van der Waals surface area contributed by atoms with Crippen LogP contribution in [0.2, 0.25) is 0 Å². The fraction of sp³-hybridized carbons (Fsp3) is 0.444. The SMILES string of the molecule is C=CC(=O)NCc1ccc(C(=O)N2CC(OC(C)(C)C)C2)cc1. The summed E-state index contributed by atoms with van der Waals surface area (Å²) in [5.74, 6) is -0.198.